The van der Waals surface area contributed by atoms with Crippen LogP contribution in [0, 0.1) is 21.4 Å². The zero-order chi connectivity index (χ0) is 15.8. The number of cyclic esters (lactones) is 1. The Hall–Kier alpha value is -2.24. The van der Waals surface area contributed by atoms with Crippen molar-refractivity contribution in [3.63, 3.8) is 0 Å². The molecule has 0 amide bonds. The van der Waals surface area contributed by atoms with Gasteiger partial charge in [-0.2, -0.15) is 0 Å². The molecule has 1 aliphatic rings. The van der Waals surface area contributed by atoms with E-state index in [1.165, 1.54) is 26.0 Å². The van der Waals surface area contributed by atoms with Gasteiger partial charge in [0.15, 0.2) is 5.78 Å². The Morgan fingerprint density at radius 2 is 1.90 bits per heavy atom. The molecule has 1 saturated heterocycles. The van der Waals surface area contributed by atoms with Crippen LogP contribution >= 0.6 is 0 Å². The zero-order valence-corrected chi connectivity index (χ0v) is 12.2. The lowest BCUT2D eigenvalue weighted by Gasteiger charge is -2.37. The van der Waals surface area contributed by atoms with Crippen LogP contribution in [0.25, 0.3) is 0 Å². The maximum absolute atomic E-state index is 12.5. The molecular formula is C15H17NO5. The van der Waals surface area contributed by atoms with Crippen LogP contribution in [0.15, 0.2) is 24.3 Å². The van der Waals surface area contributed by atoms with Gasteiger partial charge in [-0.25, -0.2) is 0 Å². The molecule has 0 bridgehead atoms. The number of carbonyl (C=O) groups excluding carboxylic acids is 2. The summed E-state index contributed by atoms with van der Waals surface area (Å²) in [4.78, 5) is 35.1. The third-order valence-electron chi connectivity index (χ3n) is 3.94. The molecule has 1 heterocycles. The molecule has 1 aromatic rings. The molecule has 1 aromatic carbocycles. The van der Waals surface area contributed by atoms with Crippen molar-refractivity contribution in [1.82, 2.24) is 0 Å². The normalized spacial score (nSPS) is 24.5. The van der Waals surface area contributed by atoms with Crippen molar-refractivity contribution >= 4 is 17.4 Å². The number of Topliss-reactive ketones (excluding diaryl/α,β-unsaturated/α-hetero) is 1. The van der Waals surface area contributed by atoms with Crippen LogP contribution in [0.1, 0.15) is 38.9 Å². The van der Waals surface area contributed by atoms with Crippen LogP contribution < -0.4 is 0 Å². The molecule has 0 radical (unpaired) electrons. The molecule has 0 spiro atoms. The van der Waals surface area contributed by atoms with Gasteiger partial charge in [-0.15, -0.1) is 0 Å². The molecular weight excluding hydrogens is 274 g/mol. The van der Waals surface area contributed by atoms with E-state index in [4.69, 9.17) is 4.74 Å². The van der Waals surface area contributed by atoms with Gasteiger partial charge in [0, 0.05) is 6.07 Å². The van der Waals surface area contributed by atoms with E-state index in [9.17, 15) is 19.7 Å². The van der Waals surface area contributed by atoms with Crippen molar-refractivity contribution in [1.29, 1.82) is 0 Å². The van der Waals surface area contributed by atoms with Crippen LogP contribution in [0.2, 0.25) is 0 Å². The minimum Gasteiger partial charge on any atom is -0.456 e. The topological polar surface area (TPSA) is 86.5 Å². The first kappa shape index (κ1) is 15.2. The van der Waals surface area contributed by atoms with Gasteiger partial charge < -0.3 is 4.74 Å². The van der Waals surface area contributed by atoms with Crippen LogP contribution in [-0.4, -0.2) is 16.7 Å². The number of ketones is 1. The van der Waals surface area contributed by atoms with Gasteiger partial charge in [-0.3, -0.25) is 19.7 Å². The van der Waals surface area contributed by atoms with Gasteiger partial charge in [0.05, 0.1) is 16.4 Å². The second-order valence-corrected chi connectivity index (χ2v) is 5.65. The molecule has 1 fully saturated rings. The molecule has 1 aliphatic heterocycles. The lowest BCUT2D eigenvalue weighted by molar-refractivity contribution is -0.386. The van der Waals surface area contributed by atoms with E-state index in [0.29, 0.717) is 6.42 Å². The Labute approximate surface area is 122 Å². The van der Waals surface area contributed by atoms with E-state index in [2.05, 4.69) is 0 Å². The van der Waals surface area contributed by atoms with Crippen molar-refractivity contribution in [2.45, 2.75) is 33.3 Å². The van der Waals surface area contributed by atoms with Crippen molar-refractivity contribution in [3.8, 4) is 0 Å². The Morgan fingerprint density at radius 1 is 1.29 bits per heavy atom. The first-order valence-electron chi connectivity index (χ1n) is 6.79. The van der Waals surface area contributed by atoms with Crippen molar-refractivity contribution < 1.29 is 19.2 Å². The first-order chi connectivity index (χ1) is 9.80. The van der Waals surface area contributed by atoms with Gasteiger partial charge in [0.2, 0.25) is 0 Å². The number of nitrogens with zero attached hydrogens (tertiary/aromatic N) is 1. The smallest absolute Gasteiger partial charge is 0.319 e. The standard InChI is InChI=1S/C15H17NO5/c1-4-9-12(21-14(18)15(2,3)13(9)17)10-7-5-6-8-11(10)16(19)20/h5-9,12H,4H2,1-3H3/t9-,12+/m0/s1. The van der Waals surface area contributed by atoms with Gasteiger partial charge in [0.1, 0.15) is 11.5 Å². The molecule has 21 heavy (non-hydrogen) atoms. The second-order valence-electron chi connectivity index (χ2n) is 5.65. The molecule has 0 saturated carbocycles. The van der Waals surface area contributed by atoms with E-state index in [0.717, 1.165) is 0 Å². The maximum Gasteiger partial charge on any atom is 0.319 e. The molecule has 6 nitrogen and oxygen atoms in total. The predicted molar refractivity (Wildman–Crippen MR) is 74.5 cm³/mol. The third kappa shape index (κ3) is 2.41. The second kappa shape index (κ2) is 5.27. The highest BCUT2D eigenvalue weighted by molar-refractivity contribution is 6.06. The predicted octanol–water partition coefficient (Wildman–Crippen LogP) is 2.81. The lowest BCUT2D eigenvalue weighted by Crippen LogP contribution is -2.47. The fourth-order valence-electron chi connectivity index (χ4n) is 2.62. The van der Waals surface area contributed by atoms with E-state index >= 15 is 0 Å². The number of hydrogen-bond donors (Lipinski definition) is 0. The van der Waals surface area contributed by atoms with E-state index in [1.54, 1.807) is 19.1 Å². The SMILES string of the molecule is CC[C@@H]1C(=O)C(C)(C)C(=O)O[C@H]1c1ccccc1[N+](=O)[O-]. The molecule has 0 N–H and O–H groups in total. The number of benzene rings is 1. The van der Waals surface area contributed by atoms with Crippen molar-refractivity contribution in [2.75, 3.05) is 0 Å². The summed E-state index contributed by atoms with van der Waals surface area (Å²) in [7, 11) is 0. The van der Waals surface area contributed by atoms with Crippen LogP contribution in [0.3, 0.4) is 0 Å². The Kier molecular flexibility index (Phi) is 3.80. The summed E-state index contributed by atoms with van der Waals surface area (Å²) < 4.78 is 5.39. The largest absolute Gasteiger partial charge is 0.456 e. The minimum absolute atomic E-state index is 0.138. The van der Waals surface area contributed by atoms with Gasteiger partial charge in [-0.1, -0.05) is 19.1 Å². The number of hydrogen-bond acceptors (Lipinski definition) is 5. The van der Waals surface area contributed by atoms with Gasteiger partial charge in [0.25, 0.3) is 5.69 Å². The molecule has 0 aliphatic carbocycles. The fourth-order valence-corrected chi connectivity index (χ4v) is 2.62. The van der Waals surface area contributed by atoms with E-state index in [-0.39, 0.29) is 17.0 Å². The average molecular weight is 291 g/mol. The monoisotopic (exact) mass is 291 g/mol. The quantitative estimate of drug-likeness (QED) is 0.370. The number of ether oxygens (including phenoxy) is 1. The summed E-state index contributed by atoms with van der Waals surface area (Å²) in [6, 6.07) is 6.05. The summed E-state index contributed by atoms with van der Waals surface area (Å²) in [5, 5.41) is 11.1. The molecule has 2 rings (SSSR count). The fraction of sp³-hybridized carbons (Fsp3) is 0.467. The molecule has 2 atom stereocenters. The Bertz CT molecular complexity index is 608. The van der Waals surface area contributed by atoms with Gasteiger partial charge in [-0.05, 0) is 26.3 Å². The molecule has 6 heteroatoms. The molecule has 0 unspecified atom stereocenters. The summed E-state index contributed by atoms with van der Waals surface area (Å²) >= 11 is 0. The van der Waals surface area contributed by atoms with E-state index < -0.39 is 28.3 Å². The summed E-state index contributed by atoms with van der Waals surface area (Å²) in [5.74, 6) is -1.44. The Morgan fingerprint density at radius 3 is 2.48 bits per heavy atom. The van der Waals surface area contributed by atoms with Crippen LogP contribution in [0.4, 0.5) is 5.69 Å². The van der Waals surface area contributed by atoms with Crippen molar-refractivity contribution in [3.05, 3.63) is 39.9 Å². The lowest BCUT2D eigenvalue weighted by atomic mass is 9.74. The maximum atomic E-state index is 12.5. The number of esters is 1. The summed E-state index contributed by atoms with van der Waals surface area (Å²) in [6.45, 7) is 4.85. The number of nitro benzene ring substituents is 1. The molecule has 0 aromatic heterocycles. The minimum atomic E-state index is -1.21. The highest BCUT2D eigenvalue weighted by Gasteiger charge is 2.51. The van der Waals surface area contributed by atoms with Crippen LogP contribution in [-0.2, 0) is 14.3 Å². The van der Waals surface area contributed by atoms with Gasteiger partial charge >= 0.3 is 5.97 Å². The van der Waals surface area contributed by atoms with E-state index in [1.807, 2.05) is 0 Å². The van der Waals surface area contributed by atoms with Crippen LogP contribution in [0.5, 0.6) is 0 Å². The van der Waals surface area contributed by atoms with Crippen molar-refractivity contribution in [2.24, 2.45) is 11.3 Å². The Balaban J connectivity index is 2.51. The summed E-state index contributed by atoms with van der Waals surface area (Å²) in [6.07, 6.45) is -0.448. The third-order valence-corrected chi connectivity index (χ3v) is 3.94. The highest BCUT2D eigenvalue weighted by Crippen LogP contribution is 2.43. The molecule has 112 valence electrons. The average Bonchev–Trinajstić information content (AvgIpc) is 2.45. The zero-order valence-electron chi connectivity index (χ0n) is 12.2. The number of nitro groups is 1. The number of rotatable bonds is 3. The highest BCUT2D eigenvalue weighted by atomic mass is 16.6. The summed E-state index contributed by atoms with van der Waals surface area (Å²) in [5.41, 5.74) is -1.08. The number of carbonyl (C=O) groups is 2. The number of para-hydroxylation sites is 1. The first-order valence-corrected chi connectivity index (χ1v) is 6.79.